The van der Waals surface area contributed by atoms with Crippen LogP contribution < -0.4 is 9.64 Å². The SMILES string of the molecule is COc1cc(-n2cnnn2)c(Cl)cc1C(=O)N1CCCN(c2ccc(C)cc2)CC1. The Morgan fingerprint density at radius 1 is 1.10 bits per heavy atom. The molecule has 0 N–H and O–H groups in total. The summed E-state index contributed by atoms with van der Waals surface area (Å²) in [5.74, 6) is 0.345. The van der Waals surface area contributed by atoms with Crippen LogP contribution in [-0.2, 0) is 0 Å². The predicted octanol–water partition coefficient (Wildman–Crippen LogP) is 2.99. The van der Waals surface area contributed by atoms with Crippen molar-refractivity contribution in [3.8, 4) is 11.4 Å². The zero-order valence-corrected chi connectivity index (χ0v) is 17.7. The molecule has 2 aromatic carbocycles. The van der Waals surface area contributed by atoms with E-state index in [0.717, 1.165) is 19.5 Å². The molecule has 0 unspecified atom stereocenters. The van der Waals surface area contributed by atoms with Gasteiger partial charge < -0.3 is 14.5 Å². The first-order chi connectivity index (χ1) is 14.6. The minimum absolute atomic E-state index is 0.0947. The van der Waals surface area contributed by atoms with Gasteiger partial charge >= 0.3 is 0 Å². The lowest BCUT2D eigenvalue weighted by molar-refractivity contribution is 0.0763. The van der Waals surface area contributed by atoms with Crippen LogP contribution in [0, 0.1) is 6.92 Å². The molecule has 3 aromatic rings. The molecule has 1 aliphatic rings. The summed E-state index contributed by atoms with van der Waals surface area (Å²) in [4.78, 5) is 17.5. The summed E-state index contributed by atoms with van der Waals surface area (Å²) in [6.45, 7) is 5.06. The summed E-state index contributed by atoms with van der Waals surface area (Å²) in [5.41, 5.74) is 3.40. The van der Waals surface area contributed by atoms with Crippen LogP contribution in [0.1, 0.15) is 22.3 Å². The fourth-order valence-electron chi connectivity index (χ4n) is 3.63. The molecule has 0 atom stereocenters. The molecule has 2 heterocycles. The topological polar surface area (TPSA) is 76.4 Å². The highest BCUT2D eigenvalue weighted by Gasteiger charge is 2.24. The van der Waals surface area contributed by atoms with Crippen molar-refractivity contribution in [3.05, 3.63) is 58.9 Å². The van der Waals surface area contributed by atoms with E-state index in [0.29, 0.717) is 35.1 Å². The first-order valence-corrected chi connectivity index (χ1v) is 10.2. The molecular weight excluding hydrogens is 404 g/mol. The fourth-order valence-corrected chi connectivity index (χ4v) is 3.88. The van der Waals surface area contributed by atoms with E-state index in [1.54, 1.807) is 12.1 Å². The van der Waals surface area contributed by atoms with Crippen molar-refractivity contribution in [2.75, 3.05) is 38.2 Å². The summed E-state index contributed by atoms with van der Waals surface area (Å²) in [6, 6.07) is 11.8. The maximum Gasteiger partial charge on any atom is 0.257 e. The number of methoxy groups -OCH3 is 1. The summed E-state index contributed by atoms with van der Waals surface area (Å²) in [5, 5.41) is 11.5. The Bertz CT molecular complexity index is 1020. The monoisotopic (exact) mass is 426 g/mol. The van der Waals surface area contributed by atoms with Crippen molar-refractivity contribution in [1.29, 1.82) is 0 Å². The van der Waals surface area contributed by atoms with E-state index in [4.69, 9.17) is 16.3 Å². The second-order valence-electron chi connectivity index (χ2n) is 7.23. The Kier molecular flexibility index (Phi) is 5.85. The molecule has 0 saturated carbocycles. The standard InChI is InChI=1S/C21H23ClN6O2/c1-15-4-6-16(7-5-15)26-8-3-9-27(11-10-26)21(29)17-12-18(22)19(13-20(17)30-2)28-14-23-24-25-28/h4-7,12-14H,3,8-11H2,1-2H3. The maximum absolute atomic E-state index is 13.3. The van der Waals surface area contributed by atoms with E-state index >= 15 is 0 Å². The van der Waals surface area contributed by atoms with Gasteiger partial charge in [0.25, 0.3) is 5.91 Å². The third kappa shape index (κ3) is 4.09. The van der Waals surface area contributed by atoms with E-state index in [1.165, 1.54) is 29.4 Å². The van der Waals surface area contributed by atoms with Crippen LogP contribution >= 0.6 is 11.6 Å². The molecule has 8 nitrogen and oxygen atoms in total. The van der Waals surface area contributed by atoms with Gasteiger partial charge in [0.2, 0.25) is 0 Å². The Balaban J connectivity index is 1.54. The van der Waals surface area contributed by atoms with Gasteiger partial charge in [-0.25, -0.2) is 0 Å². The zero-order chi connectivity index (χ0) is 21.1. The number of carbonyl (C=O) groups is 1. The maximum atomic E-state index is 13.3. The highest BCUT2D eigenvalue weighted by Crippen LogP contribution is 2.30. The molecule has 0 bridgehead atoms. The number of benzene rings is 2. The number of ether oxygens (including phenoxy) is 1. The van der Waals surface area contributed by atoms with Gasteiger partial charge in [0.15, 0.2) is 0 Å². The van der Waals surface area contributed by atoms with Crippen molar-refractivity contribution in [2.45, 2.75) is 13.3 Å². The molecule has 1 saturated heterocycles. The van der Waals surface area contributed by atoms with Crippen molar-refractivity contribution in [2.24, 2.45) is 0 Å². The first-order valence-electron chi connectivity index (χ1n) is 9.78. The molecule has 0 aliphatic carbocycles. The average molecular weight is 427 g/mol. The van der Waals surface area contributed by atoms with Crippen LogP contribution in [0.4, 0.5) is 5.69 Å². The zero-order valence-electron chi connectivity index (χ0n) is 17.0. The van der Waals surface area contributed by atoms with Gasteiger partial charge in [0.1, 0.15) is 12.1 Å². The van der Waals surface area contributed by atoms with E-state index in [9.17, 15) is 4.79 Å². The number of tetrazole rings is 1. The molecule has 1 fully saturated rings. The smallest absolute Gasteiger partial charge is 0.257 e. The minimum Gasteiger partial charge on any atom is -0.496 e. The molecule has 1 amide bonds. The van der Waals surface area contributed by atoms with Crippen molar-refractivity contribution in [1.82, 2.24) is 25.1 Å². The molecule has 0 radical (unpaired) electrons. The third-order valence-electron chi connectivity index (χ3n) is 5.28. The van der Waals surface area contributed by atoms with Crippen LogP contribution in [0.2, 0.25) is 5.02 Å². The number of carbonyl (C=O) groups excluding carboxylic acids is 1. The fraction of sp³-hybridized carbons (Fsp3) is 0.333. The summed E-state index contributed by atoms with van der Waals surface area (Å²) < 4.78 is 6.92. The van der Waals surface area contributed by atoms with Gasteiger partial charge in [-0.2, -0.15) is 4.68 Å². The number of hydrogen-bond donors (Lipinski definition) is 0. The molecular formula is C21H23ClN6O2. The number of amides is 1. The predicted molar refractivity (Wildman–Crippen MR) is 115 cm³/mol. The molecule has 1 aliphatic heterocycles. The second-order valence-corrected chi connectivity index (χ2v) is 7.63. The number of anilines is 1. The molecule has 4 rings (SSSR count). The number of rotatable bonds is 4. The third-order valence-corrected chi connectivity index (χ3v) is 5.58. The van der Waals surface area contributed by atoms with E-state index in [1.807, 2.05) is 4.90 Å². The second kappa shape index (κ2) is 8.71. The van der Waals surface area contributed by atoms with Gasteiger partial charge in [-0.3, -0.25) is 4.79 Å². The van der Waals surface area contributed by atoms with Crippen LogP contribution in [0.5, 0.6) is 5.75 Å². The van der Waals surface area contributed by atoms with Gasteiger partial charge in [-0.05, 0) is 42.0 Å². The number of nitrogens with zero attached hydrogens (tertiary/aromatic N) is 6. The highest BCUT2D eigenvalue weighted by molar-refractivity contribution is 6.33. The van der Waals surface area contributed by atoms with Gasteiger partial charge in [-0.1, -0.05) is 29.3 Å². The van der Waals surface area contributed by atoms with Crippen LogP contribution in [0.15, 0.2) is 42.7 Å². The minimum atomic E-state index is -0.0947. The van der Waals surface area contributed by atoms with Gasteiger partial charge in [-0.15, -0.1) is 5.10 Å². The van der Waals surface area contributed by atoms with Crippen molar-refractivity contribution >= 4 is 23.2 Å². The molecule has 1 aromatic heterocycles. The normalized spacial score (nSPS) is 14.5. The van der Waals surface area contributed by atoms with Crippen LogP contribution in [-0.4, -0.2) is 64.3 Å². The average Bonchev–Trinajstić information content (AvgIpc) is 3.18. The van der Waals surface area contributed by atoms with E-state index < -0.39 is 0 Å². The highest BCUT2D eigenvalue weighted by atomic mass is 35.5. The lowest BCUT2D eigenvalue weighted by atomic mass is 10.1. The number of aryl methyl sites for hydroxylation is 1. The van der Waals surface area contributed by atoms with E-state index in [2.05, 4.69) is 51.6 Å². The lowest BCUT2D eigenvalue weighted by Crippen LogP contribution is -2.35. The Hall–Kier alpha value is -3.13. The molecule has 156 valence electrons. The molecule has 9 heteroatoms. The molecule has 0 spiro atoms. The first kappa shape index (κ1) is 20.2. The summed E-state index contributed by atoms with van der Waals surface area (Å²) in [7, 11) is 1.53. The molecule has 30 heavy (non-hydrogen) atoms. The largest absolute Gasteiger partial charge is 0.496 e. The number of halogens is 1. The van der Waals surface area contributed by atoms with Gasteiger partial charge in [0, 0.05) is 37.9 Å². The van der Waals surface area contributed by atoms with Gasteiger partial charge in [0.05, 0.1) is 23.4 Å². The Morgan fingerprint density at radius 3 is 2.60 bits per heavy atom. The lowest BCUT2D eigenvalue weighted by Gasteiger charge is -2.24. The van der Waals surface area contributed by atoms with Crippen LogP contribution in [0.25, 0.3) is 5.69 Å². The van der Waals surface area contributed by atoms with Crippen molar-refractivity contribution in [3.63, 3.8) is 0 Å². The summed E-state index contributed by atoms with van der Waals surface area (Å²) in [6.07, 6.45) is 2.33. The number of aromatic nitrogens is 4. The van der Waals surface area contributed by atoms with Crippen molar-refractivity contribution < 1.29 is 9.53 Å². The summed E-state index contributed by atoms with van der Waals surface area (Å²) >= 11 is 6.43. The Labute approximate surface area is 180 Å². The Morgan fingerprint density at radius 2 is 1.90 bits per heavy atom. The quantitative estimate of drug-likeness (QED) is 0.638. The number of hydrogen-bond acceptors (Lipinski definition) is 6. The van der Waals surface area contributed by atoms with E-state index in [-0.39, 0.29) is 5.91 Å². The van der Waals surface area contributed by atoms with Crippen LogP contribution in [0.3, 0.4) is 0 Å².